The van der Waals surface area contributed by atoms with Crippen molar-refractivity contribution >= 4 is 11.6 Å². The number of aryl methyl sites for hydroxylation is 1. The van der Waals surface area contributed by atoms with E-state index in [1.165, 1.54) is 11.0 Å². The minimum absolute atomic E-state index is 0.0293. The number of hydrogen-bond donors (Lipinski definition) is 2. The minimum atomic E-state index is -4.35. The zero-order chi connectivity index (χ0) is 20.6. The Morgan fingerprint density at radius 3 is 2.72 bits per heavy atom. The lowest BCUT2D eigenvalue weighted by Crippen LogP contribution is -2.49. The van der Waals surface area contributed by atoms with E-state index in [1.54, 1.807) is 12.3 Å². The second kappa shape index (κ2) is 7.70. The number of nitrogens with zero attached hydrogens (tertiary/aromatic N) is 2. The van der Waals surface area contributed by atoms with Gasteiger partial charge in [-0.15, -0.1) is 0 Å². The van der Waals surface area contributed by atoms with Crippen LogP contribution in [-0.2, 0) is 4.74 Å². The molecule has 1 atom stereocenters. The number of rotatable bonds is 4. The summed E-state index contributed by atoms with van der Waals surface area (Å²) in [5.74, 6) is 0.847. The zero-order valence-electron chi connectivity index (χ0n) is 16.1. The molecule has 0 spiro atoms. The Morgan fingerprint density at radius 2 is 2.03 bits per heavy atom. The molecule has 2 aromatic heterocycles. The van der Waals surface area contributed by atoms with Crippen LogP contribution < -0.4 is 15.8 Å². The van der Waals surface area contributed by atoms with Gasteiger partial charge in [0, 0.05) is 18.8 Å². The van der Waals surface area contributed by atoms with Gasteiger partial charge in [-0.3, -0.25) is 4.79 Å². The van der Waals surface area contributed by atoms with Gasteiger partial charge in [-0.2, -0.15) is 13.2 Å². The van der Waals surface area contributed by atoms with Crippen molar-refractivity contribution < 1.29 is 17.9 Å². The van der Waals surface area contributed by atoms with Gasteiger partial charge in [0.25, 0.3) is 0 Å². The molecule has 2 aromatic rings. The number of nitrogens with one attached hydrogen (secondary N) is 2. The van der Waals surface area contributed by atoms with Gasteiger partial charge in [-0.1, -0.05) is 0 Å². The molecule has 6 nitrogen and oxygen atoms in total. The number of aromatic nitrogens is 2. The molecule has 29 heavy (non-hydrogen) atoms. The summed E-state index contributed by atoms with van der Waals surface area (Å²) in [6.45, 7) is 3.33. The van der Waals surface area contributed by atoms with Crippen LogP contribution in [0.1, 0.15) is 24.8 Å². The van der Waals surface area contributed by atoms with E-state index in [0.29, 0.717) is 37.4 Å². The van der Waals surface area contributed by atoms with Crippen LogP contribution in [0, 0.1) is 6.92 Å². The van der Waals surface area contributed by atoms with Crippen LogP contribution in [0.15, 0.2) is 29.2 Å². The highest BCUT2D eigenvalue weighted by Crippen LogP contribution is 2.35. The molecule has 0 radical (unpaired) electrons. The second-order valence-corrected chi connectivity index (χ2v) is 7.63. The van der Waals surface area contributed by atoms with Crippen molar-refractivity contribution in [2.75, 3.05) is 30.0 Å². The maximum absolute atomic E-state index is 13.5. The Morgan fingerprint density at radius 1 is 1.24 bits per heavy atom. The summed E-state index contributed by atoms with van der Waals surface area (Å²) < 4.78 is 45.7. The molecule has 0 bridgehead atoms. The normalized spacial score (nSPS) is 20.4. The molecule has 9 heteroatoms. The molecule has 0 unspecified atom stereocenters. The van der Waals surface area contributed by atoms with Gasteiger partial charge < -0.3 is 19.9 Å². The molecule has 4 rings (SSSR count). The predicted molar refractivity (Wildman–Crippen MR) is 104 cm³/mol. The first-order valence-corrected chi connectivity index (χ1v) is 9.70. The number of anilines is 2. The molecule has 156 valence electrons. The number of hydrogen-bond acceptors (Lipinski definition) is 5. The number of ether oxygens (including phenoxy) is 1. The van der Waals surface area contributed by atoms with Gasteiger partial charge >= 0.3 is 6.18 Å². The van der Waals surface area contributed by atoms with Crippen molar-refractivity contribution in [2.24, 2.45) is 0 Å². The molecule has 2 saturated heterocycles. The Labute approximate surface area is 166 Å². The minimum Gasteiger partial charge on any atom is -0.377 e. The second-order valence-electron chi connectivity index (χ2n) is 7.63. The van der Waals surface area contributed by atoms with Crippen molar-refractivity contribution in [3.63, 3.8) is 0 Å². The van der Waals surface area contributed by atoms with Gasteiger partial charge in [0.2, 0.25) is 5.56 Å². The Kier molecular flexibility index (Phi) is 5.24. The van der Waals surface area contributed by atoms with Gasteiger partial charge in [0.1, 0.15) is 17.7 Å². The quantitative estimate of drug-likeness (QED) is 0.811. The topological polar surface area (TPSA) is 70.2 Å². The summed E-state index contributed by atoms with van der Waals surface area (Å²) in [6.07, 6.45) is -1.44. The number of piperidine rings is 1. The van der Waals surface area contributed by atoms with E-state index < -0.39 is 17.8 Å². The van der Waals surface area contributed by atoms with Crippen LogP contribution in [0.25, 0.3) is 11.1 Å². The molecule has 0 aromatic carbocycles. The van der Waals surface area contributed by atoms with Crippen LogP contribution in [0.4, 0.5) is 24.8 Å². The first-order valence-electron chi connectivity index (χ1n) is 9.70. The average Bonchev–Trinajstić information content (AvgIpc) is 2.64. The van der Waals surface area contributed by atoms with E-state index in [4.69, 9.17) is 4.74 Å². The molecule has 2 aliphatic heterocycles. The maximum atomic E-state index is 13.5. The third-order valence-electron chi connectivity index (χ3n) is 5.42. The smallest absolute Gasteiger partial charge is 0.377 e. The lowest BCUT2D eigenvalue weighted by atomic mass is 10.00. The monoisotopic (exact) mass is 408 g/mol. The maximum Gasteiger partial charge on any atom is 0.408 e. The van der Waals surface area contributed by atoms with Gasteiger partial charge in [0.15, 0.2) is 0 Å². The van der Waals surface area contributed by atoms with E-state index in [9.17, 15) is 18.0 Å². The number of halogens is 3. The van der Waals surface area contributed by atoms with Crippen LogP contribution >= 0.6 is 0 Å². The summed E-state index contributed by atoms with van der Waals surface area (Å²) in [7, 11) is 0. The summed E-state index contributed by atoms with van der Waals surface area (Å²) in [5, 5.41) is 3.25. The van der Waals surface area contributed by atoms with Crippen molar-refractivity contribution in [3.8, 4) is 11.1 Å². The van der Waals surface area contributed by atoms with Crippen molar-refractivity contribution in [3.05, 3.63) is 40.3 Å². The molecule has 0 amide bonds. The van der Waals surface area contributed by atoms with Gasteiger partial charge in [-0.25, -0.2) is 4.98 Å². The molecule has 0 aliphatic carbocycles. The number of pyridine rings is 2. The van der Waals surface area contributed by atoms with E-state index in [2.05, 4.69) is 15.3 Å². The first-order chi connectivity index (χ1) is 13.8. The number of H-pyrrole nitrogens is 1. The van der Waals surface area contributed by atoms with E-state index in [0.717, 1.165) is 11.1 Å². The average molecular weight is 408 g/mol. The third kappa shape index (κ3) is 4.24. The summed E-state index contributed by atoms with van der Waals surface area (Å²) >= 11 is 0. The van der Waals surface area contributed by atoms with E-state index in [1.807, 2.05) is 13.0 Å². The van der Waals surface area contributed by atoms with Gasteiger partial charge in [-0.05, 0) is 55.0 Å². The van der Waals surface area contributed by atoms with Crippen LogP contribution in [0.3, 0.4) is 0 Å². The van der Waals surface area contributed by atoms with Crippen LogP contribution in [0.2, 0.25) is 0 Å². The molecule has 2 N–H and O–H groups in total. The Balaban J connectivity index is 1.70. The lowest BCUT2D eigenvalue weighted by Gasteiger charge is -2.38. The molecular formula is C20H23F3N4O2. The van der Waals surface area contributed by atoms with E-state index >= 15 is 0 Å². The Hall–Kier alpha value is -2.55. The summed E-state index contributed by atoms with van der Waals surface area (Å²) in [4.78, 5) is 20.5. The predicted octanol–water partition coefficient (Wildman–Crippen LogP) is 3.48. The summed E-state index contributed by atoms with van der Waals surface area (Å²) in [5.41, 5.74) is 1.74. The highest BCUT2D eigenvalue weighted by molar-refractivity contribution is 5.72. The SMILES string of the molecule is Cc1cnc(NC2COC2)cc1-c1cc(N2CCCC[C@@H]2C(F)(F)F)[nH]c(=O)c1. The zero-order valence-corrected chi connectivity index (χ0v) is 16.1. The summed E-state index contributed by atoms with van der Waals surface area (Å²) in [6, 6.07) is 3.47. The standard InChI is InChI=1S/C20H23F3N4O2/c1-12-9-24-17(25-14-10-29-11-14)8-15(12)13-6-18(26-19(28)7-13)27-5-3-2-4-16(27)20(21,22)23/h6-9,14,16H,2-5,10-11H2,1H3,(H,24,25)(H,26,28)/t16-/m1/s1. The number of aromatic amines is 1. The molecule has 0 saturated carbocycles. The first kappa shape index (κ1) is 19.8. The fourth-order valence-corrected chi connectivity index (χ4v) is 3.84. The third-order valence-corrected chi connectivity index (χ3v) is 5.42. The highest BCUT2D eigenvalue weighted by atomic mass is 19.4. The fraction of sp³-hybridized carbons (Fsp3) is 0.500. The lowest BCUT2D eigenvalue weighted by molar-refractivity contribution is -0.152. The van der Waals surface area contributed by atoms with Crippen molar-refractivity contribution in [1.29, 1.82) is 0 Å². The molecule has 2 aliphatic rings. The molecular weight excluding hydrogens is 385 g/mol. The van der Waals surface area contributed by atoms with Crippen LogP contribution in [0.5, 0.6) is 0 Å². The molecule has 4 heterocycles. The van der Waals surface area contributed by atoms with Gasteiger partial charge in [0.05, 0.1) is 19.3 Å². The van der Waals surface area contributed by atoms with Crippen molar-refractivity contribution in [2.45, 2.75) is 44.4 Å². The number of alkyl halides is 3. The highest BCUT2D eigenvalue weighted by Gasteiger charge is 2.45. The van der Waals surface area contributed by atoms with E-state index in [-0.39, 0.29) is 24.8 Å². The largest absolute Gasteiger partial charge is 0.408 e. The Bertz CT molecular complexity index is 940. The fourth-order valence-electron chi connectivity index (χ4n) is 3.84. The molecule has 2 fully saturated rings. The van der Waals surface area contributed by atoms with Crippen LogP contribution in [-0.4, -0.2) is 48.0 Å². The van der Waals surface area contributed by atoms with Crippen molar-refractivity contribution in [1.82, 2.24) is 9.97 Å².